The fourth-order valence-electron chi connectivity index (χ4n) is 1.98. The summed E-state index contributed by atoms with van der Waals surface area (Å²) in [5.41, 5.74) is 3.08. The molecule has 1 N–H and O–H groups in total. The molecule has 0 saturated carbocycles. The molecule has 0 radical (unpaired) electrons. The standard InChI is InChI=1S/C16H21N3O/c1-12(2)14-4-6-15(7-5-14)17-16(20)9-11-19-10-8-13(3)18-19/h4-8,10,12H,9,11H2,1-3H3,(H,17,20). The molecule has 0 aliphatic rings. The Morgan fingerprint density at radius 3 is 2.50 bits per heavy atom. The molecule has 0 fully saturated rings. The van der Waals surface area contributed by atoms with E-state index in [1.165, 1.54) is 5.56 Å². The van der Waals surface area contributed by atoms with Crippen LogP contribution in [0.15, 0.2) is 36.5 Å². The molecule has 4 heteroatoms. The Labute approximate surface area is 119 Å². The normalized spacial score (nSPS) is 10.8. The molecule has 1 heterocycles. The number of aryl methyl sites for hydroxylation is 2. The van der Waals surface area contributed by atoms with Crippen molar-refractivity contribution in [2.45, 2.75) is 39.7 Å². The van der Waals surface area contributed by atoms with Crippen molar-refractivity contribution in [2.24, 2.45) is 0 Å². The number of nitrogens with zero attached hydrogens (tertiary/aromatic N) is 2. The Morgan fingerprint density at radius 1 is 1.25 bits per heavy atom. The van der Waals surface area contributed by atoms with Crippen LogP contribution in [-0.2, 0) is 11.3 Å². The van der Waals surface area contributed by atoms with E-state index in [0.29, 0.717) is 18.9 Å². The predicted octanol–water partition coefficient (Wildman–Crippen LogP) is 3.34. The van der Waals surface area contributed by atoms with E-state index in [0.717, 1.165) is 11.4 Å². The Balaban J connectivity index is 1.84. The molecule has 1 amide bonds. The Morgan fingerprint density at radius 2 is 1.95 bits per heavy atom. The maximum absolute atomic E-state index is 11.9. The number of aromatic nitrogens is 2. The van der Waals surface area contributed by atoms with Crippen molar-refractivity contribution in [3.05, 3.63) is 47.8 Å². The summed E-state index contributed by atoms with van der Waals surface area (Å²) in [6.45, 7) is 6.84. The third-order valence-electron chi connectivity index (χ3n) is 3.20. The van der Waals surface area contributed by atoms with Gasteiger partial charge in [0, 0.05) is 24.8 Å². The number of nitrogens with one attached hydrogen (secondary N) is 1. The van der Waals surface area contributed by atoms with Crippen LogP contribution in [0.4, 0.5) is 5.69 Å². The minimum atomic E-state index is 0.00968. The van der Waals surface area contributed by atoms with Gasteiger partial charge in [0.1, 0.15) is 0 Å². The molecule has 0 aliphatic heterocycles. The highest BCUT2D eigenvalue weighted by molar-refractivity contribution is 5.90. The molecule has 0 unspecified atom stereocenters. The molecule has 0 atom stereocenters. The van der Waals surface area contributed by atoms with Crippen molar-refractivity contribution in [2.75, 3.05) is 5.32 Å². The number of benzene rings is 1. The first-order valence-corrected chi connectivity index (χ1v) is 6.94. The monoisotopic (exact) mass is 271 g/mol. The Kier molecular flexibility index (Phi) is 4.56. The van der Waals surface area contributed by atoms with Gasteiger partial charge in [-0.15, -0.1) is 0 Å². The van der Waals surface area contributed by atoms with Gasteiger partial charge in [0.15, 0.2) is 0 Å². The average Bonchev–Trinajstić information content (AvgIpc) is 2.83. The van der Waals surface area contributed by atoms with Gasteiger partial charge >= 0.3 is 0 Å². The number of carbonyl (C=O) groups is 1. The van der Waals surface area contributed by atoms with Crippen molar-refractivity contribution in [3.8, 4) is 0 Å². The van der Waals surface area contributed by atoms with Crippen LogP contribution < -0.4 is 5.32 Å². The number of hydrogen-bond acceptors (Lipinski definition) is 2. The fraction of sp³-hybridized carbons (Fsp3) is 0.375. The van der Waals surface area contributed by atoms with Crippen molar-refractivity contribution in [1.82, 2.24) is 9.78 Å². The van der Waals surface area contributed by atoms with E-state index < -0.39 is 0 Å². The second-order valence-electron chi connectivity index (χ2n) is 5.30. The molecule has 0 aliphatic carbocycles. The molecule has 0 bridgehead atoms. The second kappa shape index (κ2) is 6.37. The average molecular weight is 271 g/mol. The van der Waals surface area contributed by atoms with Gasteiger partial charge < -0.3 is 5.32 Å². The zero-order valence-corrected chi connectivity index (χ0v) is 12.3. The van der Waals surface area contributed by atoms with E-state index in [-0.39, 0.29) is 5.91 Å². The van der Waals surface area contributed by atoms with Crippen molar-refractivity contribution < 1.29 is 4.79 Å². The molecule has 0 saturated heterocycles. The summed E-state index contributed by atoms with van der Waals surface area (Å²) in [6.07, 6.45) is 2.31. The summed E-state index contributed by atoms with van der Waals surface area (Å²) in [6, 6.07) is 9.94. The van der Waals surface area contributed by atoms with Crippen molar-refractivity contribution in [3.63, 3.8) is 0 Å². The van der Waals surface area contributed by atoms with Gasteiger partial charge in [-0.1, -0.05) is 26.0 Å². The lowest BCUT2D eigenvalue weighted by Crippen LogP contribution is -2.14. The Hall–Kier alpha value is -2.10. The largest absolute Gasteiger partial charge is 0.326 e. The number of hydrogen-bond donors (Lipinski definition) is 1. The van der Waals surface area contributed by atoms with Crippen LogP contribution in [0.3, 0.4) is 0 Å². The molecule has 0 spiro atoms. The highest BCUT2D eigenvalue weighted by Gasteiger charge is 2.04. The molecule has 20 heavy (non-hydrogen) atoms. The van der Waals surface area contributed by atoms with E-state index in [4.69, 9.17) is 0 Å². The predicted molar refractivity (Wildman–Crippen MR) is 80.7 cm³/mol. The maximum atomic E-state index is 11.9. The molecule has 1 aromatic heterocycles. The van der Waals surface area contributed by atoms with E-state index in [1.54, 1.807) is 4.68 Å². The van der Waals surface area contributed by atoms with E-state index in [1.807, 2.05) is 31.3 Å². The van der Waals surface area contributed by atoms with Crippen LogP contribution in [0.25, 0.3) is 0 Å². The quantitative estimate of drug-likeness (QED) is 0.906. The Bertz CT molecular complexity index is 570. The zero-order chi connectivity index (χ0) is 14.5. The minimum Gasteiger partial charge on any atom is -0.326 e. The van der Waals surface area contributed by atoms with E-state index in [2.05, 4.69) is 36.4 Å². The molecular formula is C16H21N3O. The van der Waals surface area contributed by atoms with Crippen molar-refractivity contribution >= 4 is 11.6 Å². The number of amides is 1. The first kappa shape index (κ1) is 14.3. The summed E-state index contributed by atoms with van der Waals surface area (Å²) >= 11 is 0. The minimum absolute atomic E-state index is 0.00968. The number of rotatable bonds is 5. The van der Waals surface area contributed by atoms with E-state index >= 15 is 0 Å². The molecule has 4 nitrogen and oxygen atoms in total. The van der Waals surface area contributed by atoms with Gasteiger partial charge in [0.25, 0.3) is 0 Å². The maximum Gasteiger partial charge on any atom is 0.226 e. The van der Waals surface area contributed by atoms with Crippen LogP contribution in [-0.4, -0.2) is 15.7 Å². The third kappa shape index (κ3) is 3.95. The van der Waals surface area contributed by atoms with Crippen molar-refractivity contribution in [1.29, 1.82) is 0 Å². The molecule has 2 aromatic rings. The summed E-state index contributed by atoms with van der Waals surface area (Å²) in [5, 5.41) is 7.16. The van der Waals surface area contributed by atoms with Crippen LogP contribution in [0.2, 0.25) is 0 Å². The van der Waals surface area contributed by atoms with Gasteiger partial charge in [0.05, 0.1) is 5.69 Å². The number of carbonyl (C=O) groups excluding carboxylic acids is 1. The van der Waals surface area contributed by atoms with E-state index in [9.17, 15) is 4.79 Å². The van der Waals surface area contributed by atoms with Gasteiger partial charge in [-0.2, -0.15) is 5.10 Å². The van der Waals surface area contributed by atoms with Gasteiger partial charge in [-0.25, -0.2) is 0 Å². The summed E-state index contributed by atoms with van der Waals surface area (Å²) in [4.78, 5) is 11.9. The first-order chi connectivity index (χ1) is 9.54. The highest BCUT2D eigenvalue weighted by atomic mass is 16.1. The summed E-state index contributed by atoms with van der Waals surface area (Å²) in [7, 11) is 0. The van der Waals surface area contributed by atoms with Crippen LogP contribution in [0.1, 0.15) is 37.4 Å². The summed E-state index contributed by atoms with van der Waals surface area (Å²) < 4.78 is 1.79. The smallest absolute Gasteiger partial charge is 0.226 e. The van der Waals surface area contributed by atoms with Gasteiger partial charge in [-0.3, -0.25) is 9.48 Å². The highest BCUT2D eigenvalue weighted by Crippen LogP contribution is 2.17. The SMILES string of the molecule is Cc1ccn(CCC(=O)Nc2ccc(C(C)C)cc2)n1. The zero-order valence-electron chi connectivity index (χ0n) is 12.3. The molecular weight excluding hydrogens is 250 g/mol. The van der Waals surface area contributed by atoms with Crippen LogP contribution in [0, 0.1) is 6.92 Å². The number of anilines is 1. The van der Waals surface area contributed by atoms with Crippen LogP contribution >= 0.6 is 0 Å². The lowest BCUT2D eigenvalue weighted by molar-refractivity contribution is -0.116. The topological polar surface area (TPSA) is 46.9 Å². The second-order valence-corrected chi connectivity index (χ2v) is 5.30. The van der Waals surface area contributed by atoms with Crippen LogP contribution in [0.5, 0.6) is 0 Å². The van der Waals surface area contributed by atoms with Gasteiger partial charge in [0.2, 0.25) is 5.91 Å². The first-order valence-electron chi connectivity index (χ1n) is 6.94. The molecule has 2 rings (SSSR count). The molecule has 1 aromatic carbocycles. The summed E-state index contributed by atoms with van der Waals surface area (Å²) in [5.74, 6) is 0.512. The third-order valence-corrected chi connectivity index (χ3v) is 3.20. The lowest BCUT2D eigenvalue weighted by atomic mass is 10.0. The fourth-order valence-corrected chi connectivity index (χ4v) is 1.98. The molecule has 106 valence electrons. The lowest BCUT2D eigenvalue weighted by Gasteiger charge is -2.08. The van der Waals surface area contributed by atoms with Gasteiger partial charge in [-0.05, 0) is 36.6 Å².